The maximum atomic E-state index is 6.47. The highest BCUT2D eigenvalue weighted by atomic mass is 35.5. The Balaban J connectivity index is 2.11. The van der Waals surface area contributed by atoms with Crippen LogP contribution in [0.15, 0.2) is 12.1 Å². The van der Waals surface area contributed by atoms with Crippen molar-refractivity contribution in [3.8, 4) is 0 Å². The van der Waals surface area contributed by atoms with Crippen molar-refractivity contribution in [2.24, 2.45) is 11.8 Å². The average molecular weight is 249 g/mol. The molecule has 1 aromatic rings. The maximum Gasteiger partial charge on any atom is 0.0931 e. The molecule has 1 aliphatic rings. The highest BCUT2D eigenvalue weighted by Gasteiger charge is 2.31. The molecular formula is C11H14Cl2S. The normalized spacial score (nSPS) is 29.4. The monoisotopic (exact) mass is 248 g/mol. The van der Waals surface area contributed by atoms with Gasteiger partial charge in [-0.2, -0.15) is 0 Å². The van der Waals surface area contributed by atoms with E-state index < -0.39 is 0 Å². The molecule has 3 unspecified atom stereocenters. The van der Waals surface area contributed by atoms with Crippen LogP contribution < -0.4 is 0 Å². The summed E-state index contributed by atoms with van der Waals surface area (Å²) in [7, 11) is 0. The molecule has 2 rings (SSSR count). The fourth-order valence-corrected chi connectivity index (χ4v) is 3.99. The van der Waals surface area contributed by atoms with Gasteiger partial charge in [-0.3, -0.25) is 0 Å². The first-order valence-corrected chi connectivity index (χ1v) is 6.71. The smallest absolute Gasteiger partial charge is 0.0931 e. The van der Waals surface area contributed by atoms with Crippen LogP contribution in [0.25, 0.3) is 0 Å². The van der Waals surface area contributed by atoms with Crippen LogP contribution >= 0.6 is 34.5 Å². The number of hydrogen-bond donors (Lipinski definition) is 0. The second kappa shape index (κ2) is 4.42. The standard InChI is InChI=1S/C11H14Cl2S/c1-7-3-2-4-8(7)11(13)9-5-6-10(12)14-9/h5-8,11H,2-4H2,1H3. The van der Waals surface area contributed by atoms with Gasteiger partial charge in [-0.1, -0.05) is 31.4 Å². The minimum absolute atomic E-state index is 0.171. The molecule has 3 atom stereocenters. The zero-order valence-electron chi connectivity index (χ0n) is 8.17. The van der Waals surface area contributed by atoms with Crippen molar-refractivity contribution in [1.82, 2.24) is 0 Å². The lowest BCUT2D eigenvalue weighted by Gasteiger charge is -2.20. The molecule has 0 spiro atoms. The summed E-state index contributed by atoms with van der Waals surface area (Å²) in [5.41, 5.74) is 0. The third-order valence-electron chi connectivity index (χ3n) is 3.17. The summed E-state index contributed by atoms with van der Waals surface area (Å²) in [5.74, 6) is 1.41. The molecule has 1 fully saturated rings. The van der Waals surface area contributed by atoms with Crippen LogP contribution in [0.1, 0.15) is 36.4 Å². The fraction of sp³-hybridized carbons (Fsp3) is 0.636. The van der Waals surface area contributed by atoms with E-state index in [1.807, 2.05) is 6.07 Å². The average Bonchev–Trinajstić information content (AvgIpc) is 2.73. The lowest BCUT2D eigenvalue weighted by Crippen LogP contribution is -2.09. The molecule has 78 valence electrons. The molecular weight excluding hydrogens is 235 g/mol. The summed E-state index contributed by atoms with van der Waals surface area (Å²) in [6, 6.07) is 4.01. The summed E-state index contributed by atoms with van der Waals surface area (Å²) in [6.45, 7) is 2.31. The lowest BCUT2D eigenvalue weighted by atomic mass is 9.93. The number of halogens is 2. The van der Waals surface area contributed by atoms with E-state index >= 15 is 0 Å². The van der Waals surface area contributed by atoms with Gasteiger partial charge in [0.2, 0.25) is 0 Å². The van der Waals surface area contributed by atoms with Crippen molar-refractivity contribution in [3.05, 3.63) is 21.3 Å². The van der Waals surface area contributed by atoms with Crippen molar-refractivity contribution < 1.29 is 0 Å². The first kappa shape index (κ1) is 10.8. The summed E-state index contributed by atoms with van der Waals surface area (Å²) in [4.78, 5) is 1.23. The summed E-state index contributed by atoms with van der Waals surface area (Å²) >= 11 is 14.0. The molecule has 0 N–H and O–H groups in total. The second-order valence-corrected chi connectivity index (χ2v) is 6.33. The number of rotatable bonds is 2. The first-order chi connectivity index (χ1) is 6.68. The van der Waals surface area contributed by atoms with Gasteiger partial charge < -0.3 is 0 Å². The van der Waals surface area contributed by atoms with Gasteiger partial charge in [0, 0.05) is 4.88 Å². The molecule has 0 nitrogen and oxygen atoms in total. The molecule has 1 aliphatic carbocycles. The molecule has 0 radical (unpaired) electrons. The Morgan fingerprint density at radius 3 is 2.71 bits per heavy atom. The Morgan fingerprint density at radius 2 is 2.21 bits per heavy atom. The third kappa shape index (κ3) is 2.10. The second-order valence-electron chi connectivity index (χ2n) is 4.12. The largest absolute Gasteiger partial charge is 0.127 e. The number of hydrogen-bond acceptors (Lipinski definition) is 1. The van der Waals surface area contributed by atoms with Crippen molar-refractivity contribution in [2.75, 3.05) is 0 Å². The van der Waals surface area contributed by atoms with Gasteiger partial charge in [0.1, 0.15) is 0 Å². The van der Waals surface area contributed by atoms with E-state index in [9.17, 15) is 0 Å². The van der Waals surface area contributed by atoms with E-state index in [-0.39, 0.29) is 5.38 Å². The SMILES string of the molecule is CC1CCCC1C(Cl)c1ccc(Cl)s1. The van der Waals surface area contributed by atoms with E-state index in [4.69, 9.17) is 23.2 Å². The molecule has 1 aromatic heterocycles. The zero-order valence-corrected chi connectivity index (χ0v) is 10.5. The van der Waals surface area contributed by atoms with Crippen molar-refractivity contribution >= 4 is 34.5 Å². The van der Waals surface area contributed by atoms with E-state index in [1.165, 1.54) is 24.1 Å². The van der Waals surface area contributed by atoms with E-state index in [0.717, 1.165) is 10.3 Å². The van der Waals surface area contributed by atoms with Gasteiger partial charge in [-0.25, -0.2) is 0 Å². The Bertz CT molecular complexity index is 308. The zero-order chi connectivity index (χ0) is 10.1. The van der Waals surface area contributed by atoms with E-state index in [1.54, 1.807) is 11.3 Å². The van der Waals surface area contributed by atoms with Gasteiger partial charge in [-0.05, 0) is 30.4 Å². The van der Waals surface area contributed by atoms with Crippen molar-refractivity contribution in [1.29, 1.82) is 0 Å². The number of thiophene rings is 1. The quantitative estimate of drug-likeness (QED) is 0.638. The number of alkyl halides is 1. The van der Waals surface area contributed by atoms with Crippen LogP contribution in [0.3, 0.4) is 0 Å². The van der Waals surface area contributed by atoms with Crippen molar-refractivity contribution in [2.45, 2.75) is 31.6 Å². The van der Waals surface area contributed by atoms with E-state index in [0.29, 0.717) is 5.92 Å². The molecule has 0 aromatic carbocycles. The van der Waals surface area contributed by atoms with Crippen LogP contribution in [0.4, 0.5) is 0 Å². The maximum absolute atomic E-state index is 6.47. The minimum Gasteiger partial charge on any atom is -0.127 e. The Labute approximate surface area is 99.2 Å². The Morgan fingerprint density at radius 1 is 1.43 bits per heavy atom. The molecule has 0 amide bonds. The molecule has 0 aliphatic heterocycles. The van der Waals surface area contributed by atoms with Gasteiger partial charge in [0.15, 0.2) is 0 Å². The third-order valence-corrected chi connectivity index (χ3v) is 5.17. The Hall–Kier alpha value is 0.280. The molecule has 3 heteroatoms. The molecule has 0 saturated heterocycles. The minimum atomic E-state index is 0.171. The summed E-state index contributed by atoms with van der Waals surface area (Å²) in [5, 5.41) is 0.171. The summed E-state index contributed by atoms with van der Waals surface area (Å²) in [6.07, 6.45) is 3.92. The molecule has 1 heterocycles. The van der Waals surface area contributed by atoms with Gasteiger partial charge in [-0.15, -0.1) is 22.9 Å². The fourth-order valence-electron chi connectivity index (χ4n) is 2.30. The summed E-state index contributed by atoms with van der Waals surface area (Å²) < 4.78 is 0.844. The van der Waals surface area contributed by atoms with Crippen LogP contribution in [0.5, 0.6) is 0 Å². The molecule has 0 bridgehead atoms. The van der Waals surface area contributed by atoms with Crippen LogP contribution in [0, 0.1) is 11.8 Å². The highest BCUT2D eigenvalue weighted by molar-refractivity contribution is 7.16. The lowest BCUT2D eigenvalue weighted by molar-refractivity contribution is 0.408. The van der Waals surface area contributed by atoms with Gasteiger partial charge in [0.05, 0.1) is 9.71 Å². The predicted molar refractivity (Wildman–Crippen MR) is 64.4 cm³/mol. The van der Waals surface area contributed by atoms with Crippen LogP contribution in [-0.2, 0) is 0 Å². The Kier molecular flexibility index (Phi) is 3.41. The highest BCUT2D eigenvalue weighted by Crippen LogP contribution is 2.45. The molecule has 1 saturated carbocycles. The van der Waals surface area contributed by atoms with Gasteiger partial charge in [0.25, 0.3) is 0 Å². The predicted octanol–water partition coefficient (Wildman–Crippen LogP) is 5.12. The van der Waals surface area contributed by atoms with Crippen LogP contribution in [-0.4, -0.2) is 0 Å². The van der Waals surface area contributed by atoms with Crippen molar-refractivity contribution in [3.63, 3.8) is 0 Å². The topological polar surface area (TPSA) is 0 Å². The van der Waals surface area contributed by atoms with E-state index in [2.05, 4.69) is 13.0 Å². The first-order valence-electron chi connectivity index (χ1n) is 5.08. The van der Waals surface area contributed by atoms with Crippen LogP contribution in [0.2, 0.25) is 4.34 Å². The molecule has 14 heavy (non-hydrogen) atoms. The van der Waals surface area contributed by atoms with Gasteiger partial charge >= 0.3 is 0 Å².